The van der Waals surface area contributed by atoms with Crippen LogP contribution in [0.2, 0.25) is 0 Å². The molecule has 37 heavy (non-hydrogen) atoms. The van der Waals surface area contributed by atoms with Gasteiger partial charge in [-0.1, -0.05) is 0 Å². The minimum Gasteiger partial charge on any atom is -0.492 e. The van der Waals surface area contributed by atoms with Crippen molar-refractivity contribution < 1.29 is 14.6 Å². The standard InChI is InChI=1S/C29H33N5O3/c1-32-14-10-22-19-23(5-8-27(22)32)33(2)24-9-13-30-28(20-24)31-29(36)21-3-6-26(7-4-21)37-18-17-34-15-11-25(35)12-16-34/h3-10,13-14,19-20,25,35H,11-12,15-18H2,1-2H3,(H,30,31,36). The van der Waals surface area contributed by atoms with Crippen molar-refractivity contribution in [1.82, 2.24) is 14.5 Å². The van der Waals surface area contributed by atoms with Crippen LogP contribution in [0.3, 0.4) is 0 Å². The predicted octanol–water partition coefficient (Wildman–Crippen LogP) is 4.43. The molecular formula is C29H33N5O3. The topological polar surface area (TPSA) is 82.9 Å². The number of rotatable bonds is 8. The number of fused-ring (bicyclic) bond motifs is 1. The number of pyridine rings is 1. The summed E-state index contributed by atoms with van der Waals surface area (Å²) >= 11 is 0. The van der Waals surface area contributed by atoms with Gasteiger partial charge < -0.3 is 24.6 Å². The maximum atomic E-state index is 12.8. The van der Waals surface area contributed by atoms with Crippen molar-refractivity contribution in [3.05, 3.63) is 78.6 Å². The molecule has 1 fully saturated rings. The number of carbonyl (C=O) groups excluding carboxylic acids is 1. The normalized spacial score (nSPS) is 14.6. The van der Waals surface area contributed by atoms with Crippen LogP contribution in [-0.4, -0.2) is 64.9 Å². The van der Waals surface area contributed by atoms with Crippen molar-refractivity contribution in [3.63, 3.8) is 0 Å². The molecule has 1 aliphatic heterocycles. The van der Waals surface area contributed by atoms with Gasteiger partial charge >= 0.3 is 0 Å². The molecule has 0 radical (unpaired) electrons. The number of carbonyl (C=O) groups is 1. The average molecular weight is 500 g/mol. The average Bonchev–Trinajstić information content (AvgIpc) is 3.29. The Morgan fingerprint density at radius 1 is 1.08 bits per heavy atom. The van der Waals surface area contributed by atoms with E-state index in [0.29, 0.717) is 18.0 Å². The first-order chi connectivity index (χ1) is 18.0. The maximum Gasteiger partial charge on any atom is 0.256 e. The Balaban J connectivity index is 1.17. The molecule has 192 valence electrons. The van der Waals surface area contributed by atoms with Crippen molar-refractivity contribution in [3.8, 4) is 5.75 Å². The van der Waals surface area contributed by atoms with E-state index in [0.717, 1.165) is 49.6 Å². The molecule has 0 saturated carbocycles. The number of nitrogens with one attached hydrogen (secondary N) is 1. The van der Waals surface area contributed by atoms with E-state index >= 15 is 0 Å². The van der Waals surface area contributed by atoms with E-state index in [1.165, 1.54) is 10.9 Å². The highest BCUT2D eigenvalue weighted by atomic mass is 16.5. The van der Waals surface area contributed by atoms with E-state index in [9.17, 15) is 9.90 Å². The molecule has 2 aromatic carbocycles. The number of anilines is 3. The van der Waals surface area contributed by atoms with Crippen molar-refractivity contribution in [2.45, 2.75) is 18.9 Å². The van der Waals surface area contributed by atoms with Gasteiger partial charge in [0.1, 0.15) is 18.2 Å². The van der Waals surface area contributed by atoms with Crippen LogP contribution in [0.25, 0.3) is 10.9 Å². The van der Waals surface area contributed by atoms with Gasteiger partial charge in [0, 0.05) is 80.0 Å². The second-order valence-corrected chi connectivity index (χ2v) is 9.53. The lowest BCUT2D eigenvalue weighted by molar-refractivity contribution is 0.0755. The number of aliphatic hydroxyl groups excluding tert-OH is 1. The van der Waals surface area contributed by atoms with Gasteiger partial charge in [-0.3, -0.25) is 9.69 Å². The lowest BCUT2D eigenvalue weighted by atomic mass is 10.1. The molecule has 0 spiro atoms. The smallest absolute Gasteiger partial charge is 0.256 e. The summed E-state index contributed by atoms with van der Waals surface area (Å²) in [5, 5.41) is 13.7. The summed E-state index contributed by atoms with van der Waals surface area (Å²) in [5.41, 5.74) is 3.69. The Labute approximate surface area is 217 Å². The number of amides is 1. The van der Waals surface area contributed by atoms with Crippen LogP contribution in [0, 0.1) is 0 Å². The van der Waals surface area contributed by atoms with Crippen LogP contribution in [0.15, 0.2) is 73.1 Å². The molecule has 1 aliphatic rings. The van der Waals surface area contributed by atoms with Crippen LogP contribution in [0.5, 0.6) is 5.75 Å². The van der Waals surface area contributed by atoms with Gasteiger partial charge in [0.15, 0.2) is 0 Å². The molecule has 2 N–H and O–H groups in total. The third-order valence-electron chi connectivity index (χ3n) is 6.98. The summed E-state index contributed by atoms with van der Waals surface area (Å²) in [6.45, 7) is 3.20. The second kappa shape index (κ2) is 11.0. The van der Waals surface area contributed by atoms with Gasteiger partial charge in [-0.25, -0.2) is 4.98 Å². The number of aliphatic hydroxyl groups is 1. The van der Waals surface area contributed by atoms with Gasteiger partial charge in [-0.05, 0) is 67.4 Å². The zero-order valence-corrected chi connectivity index (χ0v) is 21.3. The molecular weight excluding hydrogens is 466 g/mol. The number of nitrogens with zero attached hydrogens (tertiary/aromatic N) is 4. The number of piperidine rings is 1. The van der Waals surface area contributed by atoms with Crippen LogP contribution in [0.4, 0.5) is 17.2 Å². The van der Waals surface area contributed by atoms with Crippen molar-refractivity contribution in [1.29, 1.82) is 0 Å². The Morgan fingerprint density at radius 3 is 2.62 bits per heavy atom. The fourth-order valence-corrected chi connectivity index (χ4v) is 4.65. The van der Waals surface area contributed by atoms with E-state index in [-0.39, 0.29) is 12.0 Å². The van der Waals surface area contributed by atoms with Gasteiger partial charge in [-0.2, -0.15) is 0 Å². The quantitative estimate of drug-likeness (QED) is 0.373. The van der Waals surface area contributed by atoms with E-state index in [2.05, 4.69) is 55.1 Å². The molecule has 0 atom stereocenters. The second-order valence-electron chi connectivity index (χ2n) is 9.53. The van der Waals surface area contributed by atoms with Crippen molar-refractivity contribution in [2.75, 3.05) is 43.5 Å². The van der Waals surface area contributed by atoms with E-state index in [4.69, 9.17) is 4.74 Å². The molecule has 8 heteroatoms. The third-order valence-corrected chi connectivity index (χ3v) is 6.98. The van der Waals surface area contributed by atoms with Crippen molar-refractivity contribution >= 4 is 34.0 Å². The van der Waals surface area contributed by atoms with E-state index in [1.807, 2.05) is 38.4 Å². The summed E-state index contributed by atoms with van der Waals surface area (Å²) in [5.74, 6) is 0.990. The van der Waals surface area contributed by atoms with E-state index < -0.39 is 0 Å². The number of aryl methyl sites for hydroxylation is 1. The lowest BCUT2D eigenvalue weighted by Crippen LogP contribution is -2.38. The molecule has 2 aromatic heterocycles. The first kappa shape index (κ1) is 24.8. The van der Waals surface area contributed by atoms with Gasteiger partial charge in [0.2, 0.25) is 0 Å². The number of likely N-dealkylation sites (tertiary alicyclic amines) is 1. The highest BCUT2D eigenvalue weighted by Gasteiger charge is 2.16. The molecule has 8 nitrogen and oxygen atoms in total. The fraction of sp³-hybridized carbons (Fsp3) is 0.310. The number of ether oxygens (including phenoxy) is 1. The van der Waals surface area contributed by atoms with Gasteiger partial charge in [0.25, 0.3) is 5.91 Å². The molecule has 1 amide bonds. The van der Waals surface area contributed by atoms with Crippen molar-refractivity contribution in [2.24, 2.45) is 7.05 Å². The SMILES string of the molecule is CN(c1ccnc(NC(=O)c2ccc(OCCN3CCC(O)CC3)cc2)c1)c1ccc2c(ccn2C)c1. The first-order valence-electron chi connectivity index (χ1n) is 12.7. The minimum absolute atomic E-state index is 0.168. The summed E-state index contributed by atoms with van der Waals surface area (Å²) in [4.78, 5) is 21.5. The molecule has 0 unspecified atom stereocenters. The molecule has 1 saturated heterocycles. The molecule has 3 heterocycles. The summed E-state index contributed by atoms with van der Waals surface area (Å²) in [6.07, 6.45) is 5.22. The Bertz CT molecular complexity index is 1360. The molecule has 0 aliphatic carbocycles. The molecule has 0 bridgehead atoms. The number of aromatic nitrogens is 2. The Kier molecular flexibility index (Phi) is 7.39. The summed E-state index contributed by atoms with van der Waals surface area (Å²) in [6, 6.07) is 19.4. The zero-order valence-electron chi connectivity index (χ0n) is 21.3. The monoisotopic (exact) mass is 499 g/mol. The summed E-state index contributed by atoms with van der Waals surface area (Å²) in [7, 11) is 4.03. The largest absolute Gasteiger partial charge is 0.492 e. The Hall–Kier alpha value is -3.88. The number of benzene rings is 2. The first-order valence-corrected chi connectivity index (χ1v) is 12.7. The van der Waals surface area contributed by atoms with Gasteiger partial charge in [-0.15, -0.1) is 0 Å². The minimum atomic E-state index is -0.226. The maximum absolute atomic E-state index is 12.8. The fourth-order valence-electron chi connectivity index (χ4n) is 4.65. The highest BCUT2D eigenvalue weighted by Crippen LogP contribution is 2.28. The third kappa shape index (κ3) is 5.93. The van der Waals surface area contributed by atoms with Crippen LogP contribution >= 0.6 is 0 Å². The molecule has 5 rings (SSSR count). The Morgan fingerprint density at radius 2 is 1.84 bits per heavy atom. The van der Waals surface area contributed by atoms with Crippen LogP contribution in [-0.2, 0) is 7.05 Å². The highest BCUT2D eigenvalue weighted by molar-refractivity contribution is 6.04. The van der Waals surface area contributed by atoms with E-state index in [1.54, 1.807) is 18.3 Å². The number of hydrogen-bond acceptors (Lipinski definition) is 6. The predicted molar refractivity (Wildman–Crippen MR) is 147 cm³/mol. The lowest BCUT2D eigenvalue weighted by Gasteiger charge is -2.29. The summed E-state index contributed by atoms with van der Waals surface area (Å²) < 4.78 is 7.94. The van der Waals surface area contributed by atoms with Crippen LogP contribution in [0.1, 0.15) is 23.2 Å². The number of hydrogen-bond donors (Lipinski definition) is 2. The van der Waals surface area contributed by atoms with Gasteiger partial charge in [0.05, 0.1) is 6.10 Å². The zero-order chi connectivity index (χ0) is 25.8. The molecule has 4 aromatic rings. The van der Waals surface area contributed by atoms with Crippen LogP contribution < -0.4 is 15.0 Å².